The van der Waals surface area contributed by atoms with E-state index in [1.165, 1.54) is 0 Å². The molecule has 0 spiro atoms. The summed E-state index contributed by atoms with van der Waals surface area (Å²) in [6.07, 6.45) is 1.60. The lowest BCUT2D eigenvalue weighted by Crippen LogP contribution is -2.35. The second kappa shape index (κ2) is 5.60. The van der Waals surface area contributed by atoms with Gasteiger partial charge in [-0.25, -0.2) is 10.4 Å². The molecule has 0 bridgehead atoms. The summed E-state index contributed by atoms with van der Waals surface area (Å²) in [7, 11) is 1.87. The minimum Gasteiger partial charge on any atom is -0.384 e. The molecule has 0 heterocycles. The number of rotatable bonds is 5. The van der Waals surface area contributed by atoms with Crippen molar-refractivity contribution >= 4 is 6.34 Å². The van der Waals surface area contributed by atoms with Crippen LogP contribution in [0.1, 0.15) is 13.8 Å². The molecule has 70 valence electrons. The van der Waals surface area contributed by atoms with Gasteiger partial charge in [0.2, 0.25) is 0 Å². The smallest absolute Gasteiger partial charge is 0.117 e. The minimum atomic E-state index is 0.313. The van der Waals surface area contributed by atoms with Crippen LogP contribution in [0.2, 0.25) is 0 Å². The summed E-state index contributed by atoms with van der Waals surface area (Å²) >= 11 is 0. The molecule has 0 aliphatic heterocycles. The van der Waals surface area contributed by atoms with Crippen LogP contribution in [-0.2, 0) is 0 Å². The van der Waals surface area contributed by atoms with Gasteiger partial charge in [0, 0.05) is 13.6 Å². The van der Waals surface area contributed by atoms with Crippen molar-refractivity contribution in [2.45, 2.75) is 13.8 Å². The predicted molar refractivity (Wildman–Crippen MR) is 52.4 cm³/mol. The number of hydrogen-bond donors (Lipinski definition) is 2. The molecule has 4 heteroatoms. The van der Waals surface area contributed by atoms with Gasteiger partial charge < -0.3 is 10.7 Å². The highest BCUT2D eigenvalue weighted by atomic mass is 15.5. The van der Waals surface area contributed by atoms with Gasteiger partial charge in [0.15, 0.2) is 0 Å². The summed E-state index contributed by atoms with van der Waals surface area (Å²) < 4.78 is 0. The molecule has 0 saturated heterocycles. The van der Waals surface area contributed by atoms with Crippen molar-refractivity contribution in [3.8, 4) is 0 Å². The van der Waals surface area contributed by atoms with E-state index >= 15 is 0 Å². The maximum absolute atomic E-state index is 5.25. The second-order valence-electron chi connectivity index (χ2n) is 3.10. The molecule has 0 aromatic heterocycles. The molecule has 0 aromatic rings. The minimum absolute atomic E-state index is 0.313. The standard InChI is InChI=1S/C8H18N4/c1-7(2)5-11-12(4)6-10-8(3)9/h6-7,11H,3,5,9H2,1-2,4H3/b10-6-. The Balaban J connectivity index is 3.59. The fourth-order valence-electron chi connectivity index (χ4n) is 0.528. The van der Waals surface area contributed by atoms with Crippen LogP contribution in [0, 0.1) is 5.92 Å². The van der Waals surface area contributed by atoms with Crippen molar-refractivity contribution < 1.29 is 0 Å². The summed E-state index contributed by atoms with van der Waals surface area (Å²) in [5, 5.41) is 1.76. The quantitative estimate of drug-likeness (QED) is 0.359. The van der Waals surface area contributed by atoms with E-state index in [2.05, 4.69) is 30.8 Å². The number of nitrogens with two attached hydrogens (primary N) is 1. The van der Waals surface area contributed by atoms with Crippen molar-refractivity contribution in [3.05, 3.63) is 12.4 Å². The Morgan fingerprint density at radius 3 is 2.75 bits per heavy atom. The highest BCUT2D eigenvalue weighted by Crippen LogP contribution is 1.87. The molecule has 0 aliphatic rings. The average Bonchev–Trinajstić information content (AvgIpc) is 1.96. The molecule has 0 aromatic carbocycles. The Hall–Kier alpha value is -1.03. The van der Waals surface area contributed by atoms with Crippen LogP contribution < -0.4 is 11.2 Å². The van der Waals surface area contributed by atoms with Crippen LogP contribution in [0.25, 0.3) is 0 Å². The van der Waals surface area contributed by atoms with E-state index in [-0.39, 0.29) is 0 Å². The van der Waals surface area contributed by atoms with Crippen LogP contribution in [0.3, 0.4) is 0 Å². The van der Waals surface area contributed by atoms with Crippen LogP contribution in [0.15, 0.2) is 17.4 Å². The maximum atomic E-state index is 5.25. The first-order chi connectivity index (χ1) is 5.52. The number of nitrogens with zero attached hydrogens (tertiary/aromatic N) is 2. The Labute approximate surface area is 74.1 Å². The molecule has 0 amide bonds. The number of hydrogen-bond acceptors (Lipinski definition) is 3. The van der Waals surface area contributed by atoms with Crippen LogP contribution >= 0.6 is 0 Å². The van der Waals surface area contributed by atoms with Crippen LogP contribution in [0.5, 0.6) is 0 Å². The average molecular weight is 170 g/mol. The van der Waals surface area contributed by atoms with E-state index in [9.17, 15) is 0 Å². The first kappa shape index (κ1) is 11.0. The summed E-state index contributed by atoms with van der Waals surface area (Å²) in [5.41, 5.74) is 8.37. The zero-order valence-electron chi connectivity index (χ0n) is 8.04. The third kappa shape index (κ3) is 7.08. The van der Waals surface area contributed by atoms with Crippen LogP contribution in [0.4, 0.5) is 0 Å². The summed E-state index contributed by atoms with van der Waals surface area (Å²) in [6.45, 7) is 8.64. The zero-order chi connectivity index (χ0) is 9.56. The SMILES string of the molecule is C=C(N)/N=C\N(C)NCC(C)C. The molecule has 12 heavy (non-hydrogen) atoms. The van der Waals surface area contributed by atoms with Crippen molar-refractivity contribution in [3.63, 3.8) is 0 Å². The van der Waals surface area contributed by atoms with Crippen LogP contribution in [-0.4, -0.2) is 24.9 Å². The monoisotopic (exact) mass is 170 g/mol. The third-order valence-electron chi connectivity index (χ3n) is 1.15. The molecule has 0 saturated carbocycles. The van der Waals surface area contributed by atoms with Gasteiger partial charge in [0.1, 0.15) is 12.2 Å². The molecule has 0 unspecified atom stereocenters. The Kier molecular flexibility index (Phi) is 5.12. The second-order valence-corrected chi connectivity index (χ2v) is 3.10. The fraction of sp³-hybridized carbons (Fsp3) is 0.625. The molecule has 0 rings (SSSR count). The largest absolute Gasteiger partial charge is 0.384 e. The van der Waals surface area contributed by atoms with Gasteiger partial charge in [-0.2, -0.15) is 0 Å². The van der Waals surface area contributed by atoms with Gasteiger partial charge in [0.25, 0.3) is 0 Å². The van der Waals surface area contributed by atoms with E-state index in [0.717, 1.165) is 6.54 Å². The fourth-order valence-corrected chi connectivity index (χ4v) is 0.528. The maximum Gasteiger partial charge on any atom is 0.117 e. The normalized spacial score (nSPS) is 11.0. The summed E-state index contributed by atoms with van der Waals surface area (Å²) in [4.78, 5) is 3.82. The molecule has 0 aliphatic carbocycles. The van der Waals surface area contributed by atoms with Crippen molar-refractivity contribution in [2.75, 3.05) is 13.6 Å². The van der Waals surface area contributed by atoms with Crippen molar-refractivity contribution in [1.29, 1.82) is 0 Å². The Morgan fingerprint density at radius 2 is 2.33 bits per heavy atom. The van der Waals surface area contributed by atoms with Gasteiger partial charge in [-0.15, -0.1) is 0 Å². The Bertz CT molecular complexity index is 162. The van der Waals surface area contributed by atoms with E-state index in [0.29, 0.717) is 11.7 Å². The molecule has 0 fully saturated rings. The lowest BCUT2D eigenvalue weighted by Gasteiger charge is -2.15. The molecule has 0 atom stereocenters. The van der Waals surface area contributed by atoms with Gasteiger partial charge in [-0.05, 0) is 5.92 Å². The van der Waals surface area contributed by atoms with E-state index in [4.69, 9.17) is 5.73 Å². The molecule has 3 N–H and O–H groups in total. The third-order valence-corrected chi connectivity index (χ3v) is 1.15. The van der Waals surface area contributed by atoms with Crippen molar-refractivity contribution in [2.24, 2.45) is 16.6 Å². The van der Waals surface area contributed by atoms with Crippen molar-refractivity contribution in [1.82, 2.24) is 10.4 Å². The van der Waals surface area contributed by atoms with E-state index in [1.54, 1.807) is 11.3 Å². The first-order valence-corrected chi connectivity index (χ1v) is 3.97. The van der Waals surface area contributed by atoms with Gasteiger partial charge in [-0.1, -0.05) is 20.4 Å². The van der Waals surface area contributed by atoms with Gasteiger partial charge in [-0.3, -0.25) is 0 Å². The molecule has 4 nitrogen and oxygen atoms in total. The summed E-state index contributed by atoms with van der Waals surface area (Å²) in [5.74, 6) is 0.926. The van der Waals surface area contributed by atoms with E-state index < -0.39 is 0 Å². The highest BCUT2D eigenvalue weighted by molar-refractivity contribution is 5.55. The number of hydrazine groups is 1. The zero-order valence-corrected chi connectivity index (χ0v) is 8.04. The van der Waals surface area contributed by atoms with Gasteiger partial charge in [0.05, 0.1) is 0 Å². The Morgan fingerprint density at radius 1 is 1.75 bits per heavy atom. The topological polar surface area (TPSA) is 53.6 Å². The lowest BCUT2D eigenvalue weighted by atomic mass is 10.2. The summed E-state index contributed by atoms with van der Waals surface area (Å²) in [6, 6.07) is 0. The predicted octanol–water partition coefficient (Wildman–Crippen LogP) is 0.537. The first-order valence-electron chi connectivity index (χ1n) is 3.97. The number of nitrogens with one attached hydrogen (secondary N) is 1. The number of aliphatic imine (C=N–C) groups is 1. The molecular formula is C8H18N4. The highest BCUT2D eigenvalue weighted by Gasteiger charge is 1.93. The van der Waals surface area contributed by atoms with Gasteiger partial charge >= 0.3 is 0 Å². The van der Waals surface area contributed by atoms with E-state index in [1.807, 2.05) is 7.05 Å². The molecule has 0 radical (unpaired) electrons. The lowest BCUT2D eigenvalue weighted by molar-refractivity contribution is 0.347. The molecular weight excluding hydrogens is 152 g/mol.